The molecule has 1 aromatic heterocycles. The Morgan fingerprint density at radius 1 is 1.10 bits per heavy atom. The fraction of sp³-hybridized carbons (Fsp3) is 0.320. The van der Waals surface area contributed by atoms with Crippen LogP contribution in [0.2, 0.25) is 15.1 Å². The predicted octanol–water partition coefficient (Wildman–Crippen LogP) is 4.38. The molecular weight excluding hydrogens is 624 g/mol. The molecule has 1 unspecified atom stereocenters. The number of phosphoric acid groups is 1. The van der Waals surface area contributed by atoms with Gasteiger partial charge in [0, 0.05) is 33.2 Å². The molecule has 2 fully saturated rings. The van der Waals surface area contributed by atoms with Crippen molar-refractivity contribution < 1.29 is 37.9 Å². The molecule has 3 heterocycles. The van der Waals surface area contributed by atoms with Gasteiger partial charge in [0.05, 0.1) is 19.3 Å². The highest BCUT2D eigenvalue weighted by atomic mass is 35.5. The predicted molar refractivity (Wildman–Crippen MR) is 148 cm³/mol. The van der Waals surface area contributed by atoms with Crippen LogP contribution in [0.1, 0.15) is 34.7 Å². The van der Waals surface area contributed by atoms with Gasteiger partial charge in [0.15, 0.2) is 6.23 Å². The van der Waals surface area contributed by atoms with E-state index in [1.807, 2.05) is 0 Å². The number of aliphatic hydroxyl groups is 2. The molecule has 6 atom stereocenters. The fourth-order valence-electron chi connectivity index (χ4n) is 4.32. The van der Waals surface area contributed by atoms with Crippen molar-refractivity contribution in [1.29, 1.82) is 0 Å². The van der Waals surface area contributed by atoms with Crippen LogP contribution in [-0.2, 0) is 22.9 Å². The molecule has 12 nitrogen and oxygen atoms in total. The van der Waals surface area contributed by atoms with Crippen molar-refractivity contribution in [3.05, 3.63) is 91.4 Å². The van der Waals surface area contributed by atoms with Crippen LogP contribution in [0.25, 0.3) is 0 Å². The Morgan fingerprint density at radius 3 is 2.56 bits per heavy atom. The molecule has 0 radical (unpaired) electrons. The molecule has 41 heavy (non-hydrogen) atoms. The third kappa shape index (κ3) is 7.00. The summed E-state index contributed by atoms with van der Waals surface area (Å²) < 4.78 is 36.0. The number of benzene rings is 2. The average molecular weight is 647 g/mol. The maximum absolute atomic E-state index is 13.1. The number of amides is 1. The van der Waals surface area contributed by atoms with Crippen LogP contribution in [-0.4, -0.2) is 57.2 Å². The summed E-state index contributed by atoms with van der Waals surface area (Å²) in [6.45, 7) is -0.394. The van der Waals surface area contributed by atoms with Crippen molar-refractivity contribution in [3.8, 4) is 0 Å². The van der Waals surface area contributed by atoms with E-state index < -0.39 is 56.7 Å². The Labute approximate surface area is 248 Å². The summed E-state index contributed by atoms with van der Waals surface area (Å²) in [5, 5.41) is 24.6. The standard InChI is InChI=1S/C25H23Cl3N3O9P/c26-15-3-1-2-13(8-15)18-5-7-37-41(36,40-18)38-12-19-21(32)22(33)24(39-19)31-6-4-20(30-25(31)35)29-23(34)14-9-16(27)11-17(28)10-14/h1-4,6,8-11,18-19,21-22,24,32-33H,5,7,12H2,(H,29,30,34,35)/t18-,19+,21+,22+,24+,41?/m0/s1. The summed E-state index contributed by atoms with van der Waals surface area (Å²) in [6, 6.07) is 12.4. The number of hydrogen-bond donors (Lipinski definition) is 3. The molecule has 2 aliphatic heterocycles. The van der Waals surface area contributed by atoms with Crippen molar-refractivity contribution in [2.45, 2.75) is 37.1 Å². The molecule has 2 saturated heterocycles. The van der Waals surface area contributed by atoms with Crippen molar-refractivity contribution in [2.75, 3.05) is 18.5 Å². The normalized spacial score (nSPS) is 28.0. The number of carbonyl (C=O) groups excluding carboxylic acids is 1. The lowest BCUT2D eigenvalue weighted by Gasteiger charge is -2.29. The SMILES string of the molecule is O=C(Nc1ccn([C@@H]2O[C@H](COP3(=O)OCC[C@@H](c4cccc(Cl)c4)O3)[C@@H](O)[C@H]2O)c(=O)n1)c1cc(Cl)cc(Cl)c1. The quantitative estimate of drug-likeness (QED) is 0.315. The highest BCUT2D eigenvalue weighted by Crippen LogP contribution is 2.57. The maximum atomic E-state index is 13.1. The van der Waals surface area contributed by atoms with Crippen LogP contribution in [0.15, 0.2) is 59.5 Å². The fourth-order valence-corrected chi connectivity index (χ4v) is 6.44. The van der Waals surface area contributed by atoms with E-state index in [0.717, 1.165) is 4.57 Å². The maximum Gasteiger partial charge on any atom is 0.475 e. The lowest BCUT2D eigenvalue weighted by Crippen LogP contribution is -2.36. The zero-order valence-corrected chi connectivity index (χ0v) is 24.1. The van der Waals surface area contributed by atoms with Gasteiger partial charge in [0.1, 0.15) is 24.1 Å². The van der Waals surface area contributed by atoms with Gasteiger partial charge in [-0.05, 0) is 42.0 Å². The monoisotopic (exact) mass is 645 g/mol. The van der Waals surface area contributed by atoms with Gasteiger partial charge < -0.3 is 20.3 Å². The number of anilines is 1. The Bertz CT molecular complexity index is 1540. The van der Waals surface area contributed by atoms with E-state index in [-0.39, 0.29) is 28.0 Å². The third-order valence-electron chi connectivity index (χ3n) is 6.31. The first-order valence-corrected chi connectivity index (χ1v) is 14.8. The van der Waals surface area contributed by atoms with Crippen molar-refractivity contribution in [3.63, 3.8) is 0 Å². The van der Waals surface area contributed by atoms with Crippen molar-refractivity contribution >= 4 is 54.4 Å². The Balaban J connectivity index is 1.22. The third-order valence-corrected chi connectivity index (χ3v) is 8.46. The summed E-state index contributed by atoms with van der Waals surface area (Å²) in [5.74, 6) is -0.692. The Morgan fingerprint density at radius 2 is 1.85 bits per heavy atom. The molecule has 0 aliphatic carbocycles. The summed E-state index contributed by atoms with van der Waals surface area (Å²) >= 11 is 17.9. The first-order valence-electron chi connectivity index (χ1n) is 12.2. The number of phosphoric ester groups is 1. The number of nitrogens with one attached hydrogen (secondary N) is 1. The number of ether oxygens (including phenoxy) is 1. The molecule has 16 heteroatoms. The number of carbonyl (C=O) groups is 1. The lowest BCUT2D eigenvalue weighted by atomic mass is 10.1. The van der Waals surface area contributed by atoms with Crippen molar-refractivity contribution in [2.24, 2.45) is 0 Å². The second-order valence-corrected chi connectivity index (χ2v) is 12.1. The smallest absolute Gasteiger partial charge is 0.387 e. The van der Waals surface area contributed by atoms with Gasteiger partial charge in [0.2, 0.25) is 0 Å². The number of rotatable bonds is 7. The minimum atomic E-state index is -4.06. The van der Waals surface area contributed by atoms with E-state index in [0.29, 0.717) is 17.0 Å². The average Bonchev–Trinajstić information content (AvgIpc) is 3.20. The molecule has 218 valence electrons. The largest absolute Gasteiger partial charge is 0.475 e. The van der Waals surface area contributed by atoms with Crippen LogP contribution in [0.3, 0.4) is 0 Å². The van der Waals surface area contributed by atoms with Gasteiger partial charge in [-0.15, -0.1) is 0 Å². The number of nitrogens with zero attached hydrogens (tertiary/aromatic N) is 2. The van der Waals surface area contributed by atoms with Gasteiger partial charge in [-0.25, -0.2) is 9.36 Å². The zero-order valence-electron chi connectivity index (χ0n) is 20.9. The molecule has 2 aromatic carbocycles. The van der Waals surface area contributed by atoms with Crippen LogP contribution in [0, 0.1) is 0 Å². The number of aromatic nitrogens is 2. The molecule has 1 amide bonds. The van der Waals surface area contributed by atoms with E-state index in [2.05, 4.69) is 10.3 Å². The number of halogens is 3. The molecule has 5 rings (SSSR count). The number of hydrogen-bond acceptors (Lipinski definition) is 10. The van der Waals surface area contributed by atoms with E-state index in [1.165, 1.54) is 30.5 Å². The van der Waals surface area contributed by atoms with Gasteiger partial charge in [-0.1, -0.05) is 46.9 Å². The van der Waals surface area contributed by atoms with Crippen LogP contribution in [0.5, 0.6) is 0 Å². The minimum absolute atomic E-state index is 0.0841. The van der Waals surface area contributed by atoms with Crippen LogP contribution in [0.4, 0.5) is 5.82 Å². The first kappa shape index (κ1) is 30.1. The molecule has 0 spiro atoms. The highest BCUT2D eigenvalue weighted by Gasteiger charge is 2.46. The van der Waals surface area contributed by atoms with Crippen LogP contribution >= 0.6 is 42.6 Å². The molecule has 3 aromatic rings. The first-order chi connectivity index (χ1) is 19.5. The summed E-state index contributed by atoms with van der Waals surface area (Å²) in [4.78, 5) is 29.0. The van der Waals surface area contributed by atoms with Crippen molar-refractivity contribution in [1.82, 2.24) is 9.55 Å². The van der Waals surface area contributed by atoms with E-state index in [9.17, 15) is 24.4 Å². The Hall–Kier alpha value is -2.35. The van der Waals surface area contributed by atoms with Gasteiger partial charge in [-0.3, -0.25) is 22.9 Å². The van der Waals surface area contributed by atoms with Gasteiger partial charge in [-0.2, -0.15) is 4.98 Å². The summed E-state index contributed by atoms with van der Waals surface area (Å²) in [6.07, 6.45) is -4.59. The second-order valence-electron chi connectivity index (χ2n) is 9.18. The molecule has 0 bridgehead atoms. The van der Waals surface area contributed by atoms with E-state index >= 15 is 0 Å². The molecular formula is C25H23Cl3N3O9P. The molecule has 0 saturated carbocycles. The zero-order chi connectivity index (χ0) is 29.3. The minimum Gasteiger partial charge on any atom is -0.387 e. The Kier molecular flexibility index (Phi) is 9.17. The van der Waals surface area contributed by atoms with Gasteiger partial charge in [0.25, 0.3) is 5.91 Å². The van der Waals surface area contributed by atoms with E-state index in [1.54, 1.807) is 24.3 Å². The second kappa shape index (κ2) is 12.5. The van der Waals surface area contributed by atoms with E-state index in [4.69, 9.17) is 53.1 Å². The molecule has 2 aliphatic rings. The lowest BCUT2D eigenvalue weighted by molar-refractivity contribution is -0.0609. The van der Waals surface area contributed by atoms with Crippen LogP contribution < -0.4 is 11.0 Å². The van der Waals surface area contributed by atoms with Gasteiger partial charge >= 0.3 is 13.5 Å². The summed E-state index contributed by atoms with van der Waals surface area (Å²) in [5.41, 5.74) is -0.0428. The summed E-state index contributed by atoms with van der Waals surface area (Å²) in [7, 11) is -4.06. The highest BCUT2D eigenvalue weighted by molar-refractivity contribution is 7.48. The topological polar surface area (TPSA) is 158 Å². The molecule has 3 N–H and O–H groups in total. The number of aliphatic hydroxyl groups excluding tert-OH is 2.